The normalized spacial score (nSPS) is 46.7. The fourth-order valence-corrected chi connectivity index (χ4v) is 4.12. The molecule has 0 amide bonds. The maximum absolute atomic E-state index is 6.20. The highest BCUT2D eigenvalue weighted by molar-refractivity contribution is 4.94. The van der Waals surface area contributed by atoms with Crippen LogP contribution in [0.15, 0.2) is 0 Å². The van der Waals surface area contributed by atoms with Gasteiger partial charge in [-0.05, 0) is 45.2 Å². The van der Waals surface area contributed by atoms with E-state index < -0.39 is 0 Å². The monoisotopic (exact) mass is 253 g/mol. The van der Waals surface area contributed by atoms with Crippen molar-refractivity contribution in [3.05, 3.63) is 0 Å². The SMILES string of the molecule is CC1COC2(CCCC2C2CCCN(C)C2)OC1. The predicted molar refractivity (Wildman–Crippen MR) is 71.4 cm³/mol. The topological polar surface area (TPSA) is 21.7 Å². The van der Waals surface area contributed by atoms with Crippen LogP contribution in [0.3, 0.4) is 0 Å². The lowest BCUT2D eigenvalue weighted by Gasteiger charge is -2.45. The number of hydrogen-bond acceptors (Lipinski definition) is 3. The lowest BCUT2D eigenvalue weighted by Crippen LogP contribution is -2.51. The van der Waals surface area contributed by atoms with Crippen molar-refractivity contribution >= 4 is 0 Å². The molecule has 0 aromatic carbocycles. The van der Waals surface area contributed by atoms with Crippen molar-refractivity contribution in [1.29, 1.82) is 0 Å². The van der Waals surface area contributed by atoms with Crippen LogP contribution in [0.5, 0.6) is 0 Å². The van der Waals surface area contributed by atoms with E-state index in [-0.39, 0.29) is 5.79 Å². The predicted octanol–water partition coefficient (Wildman–Crippen LogP) is 2.51. The van der Waals surface area contributed by atoms with E-state index in [4.69, 9.17) is 9.47 Å². The van der Waals surface area contributed by atoms with Crippen molar-refractivity contribution in [1.82, 2.24) is 4.90 Å². The summed E-state index contributed by atoms with van der Waals surface area (Å²) in [6.07, 6.45) is 6.39. The molecule has 0 aromatic heterocycles. The zero-order valence-electron chi connectivity index (χ0n) is 11.9. The number of hydrogen-bond donors (Lipinski definition) is 0. The largest absolute Gasteiger partial charge is 0.349 e. The minimum atomic E-state index is -0.213. The Kier molecular flexibility index (Phi) is 3.65. The Balaban J connectivity index is 1.70. The maximum atomic E-state index is 6.20. The van der Waals surface area contributed by atoms with Crippen molar-refractivity contribution < 1.29 is 9.47 Å². The van der Waals surface area contributed by atoms with Crippen molar-refractivity contribution in [3.8, 4) is 0 Å². The molecule has 2 saturated heterocycles. The van der Waals surface area contributed by atoms with Gasteiger partial charge in [-0.1, -0.05) is 6.92 Å². The summed E-state index contributed by atoms with van der Waals surface area (Å²) in [7, 11) is 2.25. The average Bonchev–Trinajstić information content (AvgIpc) is 2.77. The van der Waals surface area contributed by atoms with Crippen LogP contribution < -0.4 is 0 Å². The van der Waals surface area contributed by atoms with E-state index in [1.54, 1.807) is 0 Å². The molecule has 0 N–H and O–H groups in total. The zero-order chi connectivity index (χ0) is 12.6. The van der Waals surface area contributed by atoms with Gasteiger partial charge in [-0.25, -0.2) is 0 Å². The van der Waals surface area contributed by atoms with Crippen LogP contribution in [-0.2, 0) is 9.47 Å². The van der Waals surface area contributed by atoms with Gasteiger partial charge in [0, 0.05) is 24.8 Å². The summed E-state index contributed by atoms with van der Waals surface area (Å²) in [5.41, 5.74) is 0. The molecule has 1 saturated carbocycles. The summed E-state index contributed by atoms with van der Waals surface area (Å²) < 4.78 is 12.4. The van der Waals surface area contributed by atoms with Crippen molar-refractivity contribution in [3.63, 3.8) is 0 Å². The first-order chi connectivity index (χ1) is 8.70. The lowest BCUT2D eigenvalue weighted by molar-refractivity contribution is -0.305. The van der Waals surface area contributed by atoms with Gasteiger partial charge in [0.05, 0.1) is 13.2 Å². The van der Waals surface area contributed by atoms with E-state index >= 15 is 0 Å². The highest BCUT2D eigenvalue weighted by Crippen LogP contribution is 2.47. The molecule has 2 aliphatic heterocycles. The first kappa shape index (κ1) is 12.9. The molecule has 18 heavy (non-hydrogen) atoms. The molecule has 0 radical (unpaired) electrons. The van der Waals surface area contributed by atoms with E-state index in [9.17, 15) is 0 Å². The molecule has 1 spiro atoms. The third-order valence-electron chi connectivity index (χ3n) is 5.06. The Hall–Kier alpha value is -0.120. The summed E-state index contributed by atoms with van der Waals surface area (Å²) >= 11 is 0. The quantitative estimate of drug-likeness (QED) is 0.717. The first-order valence-corrected chi connectivity index (χ1v) is 7.66. The second kappa shape index (κ2) is 5.10. The summed E-state index contributed by atoms with van der Waals surface area (Å²) in [5.74, 6) is 1.76. The molecule has 0 aromatic rings. The van der Waals surface area contributed by atoms with Crippen LogP contribution in [0.2, 0.25) is 0 Å². The Morgan fingerprint density at radius 3 is 2.61 bits per heavy atom. The summed E-state index contributed by atoms with van der Waals surface area (Å²) in [6, 6.07) is 0. The molecule has 0 bridgehead atoms. The van der Waals surface area contributed by atoms with E-state index in [2.05, 4.69) is 18.9 Å². The maximum Gasteiger partial charge on any atom is 0.171 e. The molecule has 3 rings (SSSR count). The molecular formula is C15H27NO2. The van der Waals surface area contributed by atoms with Gasteiger partial charge in [-0.2, -0.15) is 0 Å². The second-order valence-electron chi connectivity index (χ2n) is 6.70. The van der Waals surface area contributed by atoms with Crippen molar-refractivity contribution in [2.24, 2.45) is 17.8 Å². The van der Waals surface area contributed by atoms with Crippen LogP contribution in [-0.4, -0.2) is 44.0 Å². The van der Waals surface area contributed by atoms with Gasteiger partial charge in [0.2, 0.25) is 0 Å². The first-order valence-electron chi connectivity index (χ1n) is 7.66. The molecule has 2 atom stereocenters. The number of ether oxygens (including phenoxy) is 2. The van der Waals surface area contributed by atoms with Gasteiger partial charge in [0.1, 0.15) is 0 Å². The summed E-state index contributed by atoms with van der Waals surface area (Å²) in [6.45, 7) is 6.48. The van der Waals surface area contributed by atoms with E-state index in [1.807, 2.05) is 0 Å². The molecule has 2 unspecified atom stereocenters. The standard InChI is InChI=1S/C15H27NO2/c1-12-10-17-15(18-11-12)7-3-6-14(15)13-5-4-8-16(2)9-13/h12-14H,3-11H2,1-2H3. The minimum Gasteiger partial charge on any atom is -0.349 e. The summed E-state index contributed by atoms with van der Waals surface area (Å²) in [5, 5.41) is 0. The summed E-state index contributed by atoms with van der Waals surface area (Å²) in [4.78, 5) is 2.48. The fraction of sp³-hybridized carbons (Fsp3) is 1.00. The molecule has 1 aliphatic carbocycles. The highest BCUT2D eigenvalue weighted by Gasteiger charge is 2.50. The number of likely N-dealkylation sites (tertiary alicyclic amines) is 1. The van der Waals surface area contributed by atoms with E-state index in [0.29, 0.717) is 11.8 Å². The highest BCUT2D eigenvalue weighted by atomic mass is 16.7. The van der Waals surface area contributed by atoms with Gasteiger partial charge < -0.3 is 14.4 Å². The molecule has 3 heteroatoms. The second-order valence-corrected chi connectivity index (χ2v) is 6.70. The minimum absolute atomic E-state index is 0.213. The molecule has 104 valence electrons. The van der Waals surface area contributed by atoms with Gasteiger partial charge >= 0.3 is 0 Å². The van der Waals surface area contributed by atoms with Gasteiger partial charge in [0.25, 0.3) is 0 Å². The number of piperidine rings is 1. The third-order valence-corrected chi connectivity index (χ3v) is 5.06. The smallest absolute Gasteiger partial charge is 0.171 e. The van der Waals surface area contributed by atoms with Crippen LogP contribution in [0, 0.1) is 17.8 Å². The fourth-order valence-electron chi connectivity index (χ4n) is 4.12. The zero-order valence-corrected chi connectivity index (χ0v) is 11.9. The number of rotatable bonds is 1. The van der Waals surface area contributed by atoms with Crippen molar-refractivity contribution in [2.75, 3.05) is 33.4 Å². The van der Waals surface area contributed by atoms with Crippen LogP contribution in [0.4, 0.5) is 0 Å². The molecule has 3 aliphatic rings. The Morgan fingerprint density at radius 1 is 1.11 bits per heavy atom. The lowest BCUT2D eigenvalue weighted by atomic mass is 9.81. The van der Waals surface area contributed by atoms with E-state index in [0.717, 1.165) is 25.6 Å². The van der Waals surface area contributed by atoms with Gasteiger partial charge in [-0.15, -0.1) is 0 Å². The van der Waals surface area contributed by atoms with Crippen molar-refractivity contribution in [2.45, 2.75) is 44.8 Å². The third kappa shape index (κ3) is 2.33. The molecule has 3 nitrogen and oxygen atoms in total. The van der Waals surface area contributed by atoms with E-state index in [1.165, 1.54) is 38.8 Å². The van der Waals surface area contributed by atoms with Crippen LogP contribution in [0.25, 0.3) is 0 Å². The van der Waals surface area contributed by atoms with Gasteiger partial charge in [0.15, 0.2) is 5.79 Å². The van der Waals surface area contributed by atoms with Gasteiger partial charge in [-0.3, -0.25) is 0 Å². The van der Waals surface area contributed by atoms with Crippen LogP contribution >= 0.6 is 0 Å². The molecule has 3 fully saturated rings. The number of nitrogens with zero attached hydrogens (tertiary/aromatic N) is 1. The average molecular weight is 253 g/mol. The Bertz CT molecular complexity index is 286. The molecular weight excluding hydrogens is 226 g/mol. The Morgan fingerprint density at radius 2 is 1.89 bits per heavy atom. The Labute approximate surface area is 111 Å². The molecule has 2 heterocycles. The van der Waals surface area contributed by atoms with Crippen LogP contribution in [0.1, 0.15) is 39.0 Å².